The number of hydrogen-bond donors (Lipinski definition) is 0. The standard InChI is InChI=1S/C35H39FN2O4S/c1-3-5-19-41-20-21-42-33-13-9-28(10-14-33)29-11-17-35(36)30(23-29)8-12-32(39)22-27-6-15-34(16-7-27)43(40)25-31-24-37-26-38(31)18-4-2/h6-17,23-24,26H,3-5,18-22,25H2,1-2H3/b12-8+. The maximum absolute atomic E-state index is 14.6. The highest BCUT2D eigenvalue weighted by Crippen LogP contribution is 2.25. The van der Waals surface area contributed by atoms with E-state index in [2.05, 4.69) is 18.8 Å². The van der Waals surface area contributed by atoms with Gasteiger partial charge in [-0.2, -0.15) is 0 Å². The highest BCUT2D eigenvalue weighted by atomic mass is 32.2. The van der Waals surface area contributed by atoms with Crippen LogP contribution >= 0.6 is 0 Å². The number of aromatic nitrogens is 2. The fourth-order valence-corrected chi connectivity index (χ4v) is 5.61. The second-order valence-corrected chi connectivity index (χ2v) is 11.7. The van der Waals surface area contributed by atoms with Gasteiger partial charge in [-0.1, -0.05) is 50.6 Å². The maximum atomic E-state index is 14.6. The maximum Gasteiger partial charge on any atom is 0.160 e. The van der Waals surface area contributed by atoms with Gasteiger partial charge in [0, 0.05) is 36.2 Å². The molecule has 0 amide bonds. The molecular weight excluding hydrogens is 563 g/mol. The highest BCUT2D eigenvalue weighted by Gasteiger charge is 2.10. The lowest BCUT2D eigenvalue weighted by molar-refractivity contribution is -0.113. The van der Waals surface area contributed by atoms with Crippen LogP contribution in [0, 0.1) is 5.82 Å². The molecule has 43 heavy (non-hydrogen) atoms. The first-order valence-electron chi connectivity index (χ1n) is 14.7. The molecule has 6 nitrogen and oxygen atoms in total. The van der Waals surface area contributed by atoms with Gasteiger partial charge in [0.25, 0.3) is 0 Å². The summed E-state index contributed by atoms with van der Waals surface area (Å²) in [5.41, 5.74) is 3.83. The smallest absolute Gasteiger partial charge is 0.160 e. The van der Waals surface area contributed by atoms with E-state index in [1.165, 1.54) is 18.2 Å². The number of carbonyl (C=O) groups excluding carboxylic acids is 1. The van der Waals surface area contributed by atoms with Crippen molar-refractivity contribution in [1.29, 1.82) is 0 Å². The topological polar surface area (TPSA) is 70.4 Å². The summed E-state index contributed by atoms with van der Waals surface area (Å²) < 4.78 is 40.7. The van der Waals surface area contributed by atoms with E-state index in [4.69, 9.17) is 9.47 Å². The third-order valence-corrected chi connectivity index (χ3v) is 8.23. The minimum absolute atomic E-state index is 0.151. The second kappa shape index (κ2) is 16.7. The average molecular weight is 603 g/mol. The number of halogens is 1. The van der Waals surface area contributed by atoms with Gasteiger partial charge in [0.2, 0.25) is 0 Å². The first kappa shape index (κ1) is 32.0. The average Bonchev–Trinajstić information content (AvgIpc) is 3.45. The number of nitrogens with zero attached hydrogens (tertiary/aromatic N) is 2. The molecule has 0 N–H and O–H groups in total. The zero-order valence-electron chi connectivity index (χ0n) is 24.8. The fourth-order valence-electron chi connectivity index (χ4n) is 4.49. The van der Waals surface area contributed by atoms with E-state index < -0.39 is 16.6 Å². The monoisotopic (exact) mass is 602 g/mol. The lowest BCUT2D eigenvalue weighted by atomic mass is 10.0. The van der Waals surface area contributed by atoms with Crippen molar-refractivity contribution in [2.45, 2.75) is 56.7 Å². The molecule has 8 heteroatoms. The fraction of sp³-hybridized carbons (Fsp3) is 0.314. The van der Waals surface area contributed by atoms with E-state index in [-0.39, 0.29) is 12.2 Å². The van der Waals surface area contributed by atoms with Gasteiger partial charge in [-0.25, -0.2) is 9.37 Å². The van der Waals surface area contributed by atoms with E-state index in [1.54, 1.807) is 36.8 Å². The van der Waals surface area contributed by atoms with Crippen LogP contribution in [0.2, 0.25) is 0 Å². The van der Waals surface area contributed by atoms with Crippen LogP contribution in [-0.4, -0.2) is 39.4 Å². The summed E-state index contributed by atoms with van der Waals surface area (Å²) in [6.07, 6.45) is 9.73. The predicted molar refractivity (Wildman–Crippen MR) is 170 cm³/mol. The molecule has 1 aromatic heterocycles. The summed E-state index contributed by atoms with van der Waals surface area (Å²) in [5, 5.41) is 0. The molecule has 0 bridgehead atoms. The molecule has 1 heterocycles. The van der Waals surface area contributed by atoms with Crippen molar-refractivity contribution in [2.24, 2.45) is 0 Å². The van der Waals surface area contributed by atoms with Gasteiger partial charge in [0.05, 0.1) is 35.2 Å². The van der Waals surface area contributed by atoms with Crippen LogP contribution in [0.5, 0.6) is 5.75 Å². The Bertz CT molecular complexity index is 1510. The third-order valence-electron chi connectivity index (χ3n) is 6.88. The van der Waals surface area contributed by atoms with Crippen LogP contribution in [0.3, 0.4) is 0 Å². The molecule has 0 spiro atoms. The first-order chi connectivity index (χ1) is 21.0. The van der Waals surface area contributed by atoms with Gasteiger partial charge in [0.15, 0.2) is 5.78 Å². The largest absolute Gasteiger partial charge is 0.491 e. The van der Waals surface area contributed by atoms with Crippen molar-refractivity contribution in [1.82, 2.24) is 9.55 Å². The quantitative estimate of drug-likeness (QED) is 0.0929. The van der Waals surface area contributed by atoms with Crippen molar-refractivity contribution in [3.63, 3.8) is 0 Å². The zero-order chi connectivity index (χ0) is 30.4. The lowest BCUT2D eigenvalue weighted by Gasteiger charge is -2.09. The zero-order valence-corrected chi connectivity index (χ0v) is 25.7. The Kier molecular flexibility index (Phi) is 12.4. The van der Waals surface area contributed by atoms with Gasteiger partial charge in [-0.05, 0) is 78.1 Å². The lowest BCUT2D eigenvalue weighted by Crippen LogP contribution is -2.07. The number of hydrogen-bond acceptors (Lipinski definition) is 5. The Hall–Kier alpha value is -3.88. The second-order valence-electron chi connectivity index (χ2n) is 10.3. The molecule has 0 aliphatic carbocycles. The third kappa shape index (κ3) is 9.83. The summed E-state index contributed by atoms with van der Waals surface area (Å²) >= 11 is 0. The molecule has 1 atom stereocenters. The van der Waals surface area contributed by atoms with Gasteiger partial charge in [0.1, 0.15) is 18.2 Å². The van der Waals surface area contributed by atoms with Gasteiger partial charge in [-0.3, -0.25) is 9.00 Å². The number of carbonyl (C=O) groups is 1. The number of aryl methyl sites for hydroxylation is 1. The van der Waals surface area contributed by atoms with E-state index in [9.17, 15) is 13.4 Å². The predicted octanol–water partition coefficient (Wildman–Crippen LogP) is 7.43. The van der Waals surface area contributed by atoms with Gasteiger partial charge >= 0.3 is 0 Å². The van der Waals surface area contributed by atoms with E-state index in [0.717, 1.165) is 60.5 Å². The van der Waals surface area contributed by atoms with Crippen LogP contribution in [0.4, 0.5) is 4.39 Å². The van der Waals surface area contributed by atoms with Crippen molar-refractivity contribution in [2.75, 3.05) is 19.8 Å². The Morgan fingerprint density at radius 3 is 2.47 bits per heavy atom. The SMILES string of the molecule is CCCCOCCOc1ccc(-c2ccc(F)c(/C=C/C(=O)Cc3ccc(S(=O)Cc4cncn4CCC)cc3)c2)cc1. The molecular formula is C35H39FN2O4S. The summed E-state index contributed by atoms with van der Waals surface area (Å²) in [6, 6.07) is 19.7. The van der Waals surface area contributed by atoms with Crippen LogP contribution < -0.4 is 4.74 Å². The van der Waals surface area contributed by atoms with Crippen LogP contribution in [0.1, 0.15) is 49.9 Å². The molecule has 0 radical (unpaired) electrons. The Morgan fingerprint density at radius 1 is 0.953 bits per heavy atom. The molecule has 0 saturated carbocycles. The highest BCUT2D eigenvalue weighted by molar-refractivity contribution is 7.84. The number of ketones is 1. The van der Waals surface area contributed by atoms with Gasteiger partial charge in [-0.15, -0.1) is 0 Å². The number of imidazole rings is 1. The Morgan fingerprint density at radius 2 is 1.72 bits per heavy atom. The van der Waals surface area contributed by atoms with E-state index >= 15 is 0 Å². The molecule has 0 aliphatic rings. The van der Waals surface area contributed by atoms with E-state index in [1.807, 2.05) is 41.0 Å². The van der Waals surface area contributed by atoms with Crippen molar-refractivity contribution in [3.05, 3.63) is 108 Å². The minimum Gasteiger partial charge on any atom is -0.491 e. The van der Waals surface area contributed by atoms with Crippen LogP contribution in [0.25, 0.3) is 17.2 Å². The molecule has 1 unspecified atom stereocenters. The number of benzene rings is 3. The number of allylic oxidation sites excluding steroid dienone is 1. The molecule has 3 aromatic carbocycles. The first-order valence-corrected chi connectivity index (χ1v) is 16.1. The number of unbranched alkanes of at least 4 members (excludes halogenated alkanes) is 1. The molecule has 4 rings (SSSR count). The molecule has 0 fully saturated rings. The minimum atomic E-state index is -1.22. The molecule has 4 aromatic rings. The Labute approximate surface area is 256 Å². The molecule has 0 aliphatic heterocycles. The van der Waals surface area contributed by atoms with Crippen LogP contribution in [-0.2, 0) is 39.0 Å². The normalized spacial score (nSPS) is 12.1. The van der Waals surface area contributed by atoms with Crippen LogP contribution in [0.15, 0.2) is 90.2 Å². The summed E-state index contributed by atoms with van der Waals surface area (Å²) in [6.45, 7) is 6.84. The number of ether oxygens (including phenoxy) is 2. The van der Waals surface area contributed by atoms with Crippen molar-refractivity contribution >= 4 is 22.7 Å². The summed E-state index contributed by atoms with van der Waals surface area (Å²) in [5.74, 6) is 0.581. The molecule has 0 saturated heterocycles. The van der Waals surface area contributed by atoms with E-state index in [0.29, 0.717) is 29.4 Å². The van der Waals surface area contributed by atoms with Gasteiger partial charge < -0.3 is 14.0 Å². The number of rotatable bonds is 17. The molecule has 226 valence electrons. The van der Waals surface area contributed by atoms with Crippen molar-refractivity contribution < 1.29 is 22.9 Å². The summed E-state index contributed by atoms with van der Waals surface area (Å²) in [4.78, 5) is 17.5. The summed E-state index contributed by atoms with van der Waals surface area (Å²) in [7, 11) is -1.22. The Balaban J connectivity index is 1.31. The van der Waals surface area contributed by atoms with Crippen molar-refractivity contribution in [3.8, 4) is 16.9 Å².